The van der Waals surface area contributed by atoms with Crippen molar-refractivity contribution in [2.75, 3.05) is 18.9 Å². The summed E-state index contributed by atoms with van der Waals surface area (Å²) >= 11 is 7.70. The smallest absolute Gasteiger partial charge is 0.216 e. The number of nitrogen functional groups attached to an aromatic ring is 1. The van der Waals surface area contributed by atoms with Gasteiger partial charge in [-0.25, -0.2) is 5.10 Å². The number of nitrogens with two attached hydrogens (primary N) is 1. The van der Waals surface area contributed by atoms with Gasteiger partial charge in [-0.1, -0.05) is 23.4 Å². The van der Waals surface area contributed by atoms with Gasteiger partial charge >= 0.3 is 0 Å². The molecule has 0 atom stereocenters. The van der Waals surface area contributed by atoms with Crippen molar-refractivity contribution in [2.24, 2.45) is 0 Å². The van der Waals surface area contributed by atoms with Crippen LogP contribution in [-0.2, 0) is 5.75 Å². The first-order valence-corrected chi connectivity index (χ1v) is 7.47. The third kappa shape index (κ3) is 2.94. The standard InChI is InChI=1S/C12H13ClN4O2S/c13-8-4-7(6-20-12-15-11(14)16-17-12)5-9-10(8)19-3-1-2-18-9/h4-5H,1-3,6H2,(H3,14,15,16,17). The first-order valence-electron chi connectivity index (χ1n) is 6.11. The lowest BCUT2D eigenvalue weighted by molar-refractivity contribution is 0.297. The molecule has 20 heavy (non-hydrogen) atoms. The highest BCUT2D eigenvalue weighted by molar-refractivity contribution is 7.98. The Morgan fingerprint density at radius 1 is 1.35 bits per heavy atom. The van der Waals surface area contributed by atoms with E-state index in [1.807, 2.05) is 12.1 Å². The molecule has 106 valence electrons. The summed E-state index contributed by atoms with van der Waals surface area (Å²) in [5, 5.41) is 7.74. The molecule has 0 aliphatic carbocycles. The van der Waals surface area contributed by atoms with E-state index < -0.39 is 0 Å². The molecule has 1 aromatic heterocycles. The van der Waals surface area contributed by atoms with E-state index in [1.54, 1.807) is 0 Å². The van der Waals surface area contributed by atoms with Crippen molar-refractivity contribution >= 4 is 29.3 Å². The Hall–Kier alpha value is -1.60. The molecule has 0 saturated carbocycles. The van der Waals surface area contributed by atoms with Gasteiger partial charge in [-0.2, -0.15) is 4.98 Å². The number of hydrogen-bond donors (Lipinski definition) is 2. The van der Waals surface area contributed by atoms with Crippen LogP contribution < -0.4 is 15.2 Å². The molecule has 0 bridgehead atoms. The van der Waals surface area contributed by atoms with Crippen molar-refractivity contribution in [1.29, 1.82) is 0 Å². The second-order valence-corrected chi connectivity index (χ2v) is 5.60. The molecule has 0 unspecified atom stereocenters. The number of H-pyrrole nitrogens is 1. The number of thioether (sulfide) groups is 1. The zero-order valence-electron chi connectivity index (χ0n) is 10.6. The number of ether oxygens (including phenoxy) is 2. The highest BCUT2D eigenvalue weighted by Crippen LogP contribution is 2.39. The van der Waals surface area contributed by atoms with Crippen LogP contribution in [0, 0.1) is 0 Å². The number of fused-ring (bicyclic) bond motifs is 1. The van der Waals surface area contributed by atoms with E-state index in [1.165, 1.54) is 11.8 Å². The van der Waals surface area contributed by atoms with Gasteiger partial charge in [0.05, 0.1) is 18.2 Å². The number of rotatable bonds is 3. The second kappa shape index (κ2) is 5.80. The van der Waals surface area contributed by atoms with Crippen LogP contribution in [0.2, 0.25) is 5.02 Å². The van der Waals surface area contributed by atoms with Crippen LogP contribution in [0.1, 0.15) is 12.0 Å². The number of aromatic amines is 1. The molecule has 1 aromatic carbocycles. The molecular weight excluding hydrogens is 300 g/mol. The Balaban J connectivity index is 1.77. The molecule has 0 radical (unpaired) electrons. The fourth-order valence-electron chi connectivity index (χ4n) is 1.84. The summed E-state index contributed by atoms with van der Waals surface area (Å²) in [6, 6.07) is 3.81. The van der Waals surface area contributed by atoms with Gasteiger partial charge in [0.15, 0.2) is 11.5 Å². The van der Waals surface area contributed by atoms with Gasteiger partial charge in [0, 0.05) is 12.2 Å². The molecule has 2 aromatic rings. The minimum atomic E-state index is 0.309. The predicted molar refractivity (Wildman–Crippen MR) is 77.4 cm³/mol. The summed E-state index contributed by atoms with van der Waals surface area (Å²) in [7, 11) is 0. The lowest BCUT2D eigenvalue weighted by atomic mass is 10.2. The van der Waals surface area contributed by atoms with E-state index >= 15 is 0 Å². The zero-order chi connectivity index (χ0) is 13.9. The molecule has 1 aliphatic rings. The van der Waals surface area contributed by atoms with E-state index in [9.17, 15) is 0 Å². The van der Waals surface area contributed by atoms with Gasteiger partial charge in [-0.05, 0) is 17.7 Å². The lowest BCUT2D eigenvalue weighted by Crippen LogP contribution is -1.97. The fourth-order valence-corrected chi connectivity index (χ4v) is 2.86. The SMILES string of the molecule is Nc1nc(SCc2cc(Cl)c3c(c2)OCCCO3)n[nH]1. The van der Waals surface area contributed by atoms with Gasteiger partial charge in [-0.3, -0.25) is 0 Å². The summed E-state index contributed by atoms with van der Waals surface area (Å²) in [6.07, 6.45) is 0.853. The fraction of sp³-hybridized carbons (Fsp3) is 0.333. The largest absolute Gasteiger partial charge is 0.489 e. The molecule has 2 heterocycles. The number of anilines is 1. The second-order valence-electron chi connectivity index (χ2n) is 4.25. The maximum atomic E-state index is 6.23. The minimum Gasteiger partial charge on any atom is -0.489 e. The molecule has 8 heteroatoms. The molecule has 6 nitrogen and oxygen atoms in total. The maximum absolute atomic E-state index is 6.23. The Morgan fingerprint density at radius 2 is 2.20 bits per heavy atom. The van der Waals surface area contributed by atoms with E-state index in [2.05, 4.69) is 15.2 Å². The highest BCUT2D eigenvalue weighted by Gasteiger charge is 2.16. The average Bonchev–Trinajstić information content (AvgIpc) is 2.70. The van der Waals surface area contributed by atoms with Crippen LogP contribution in [0.4, 0.5) is 5.95 Å². The summed E-state index contributed by atoms with van der Waals surface area (Å²) in [5.41, 5.74) is 6.50. The van der Waals surface area contributed by atoms with Crippen LogP contribution in [0.15, 0.2) is 17.3 Å². The molecule has 0 spiro atoms. The van der Waals surface area contributed by atoms with Crippen LogP contribution >= 0.6 is 23.4 Å². The molecule has 1 aliphatic heterocycles. The quantitative estimate of drug-likeness (QED) is 0.847. The molecule has 0 fully saturated rings. The molecule has 3 N–H and O–H groups in total. The van der Waals surface area contributed by atoms with Gasteiger partial charge in [0.1, 0.15) is 0 Å². The third-order valence-corrected chi connectivity index (χ3v) is 3.91. The van der Waals surface area contributed by atoms with E-state index in [4.69, 9.17) is 26.8 Å². The maximum Gasteiger partial charge on any atom is 0.216 e. The lowest BCUT2D eigenvalue weighted by Gasteiger charge is -2.11. The van der Waals surface area contributed by atoms with Crippen molar-refractivity contribution in [1.82, 2.24) is 15.2 Å². The van der Waals surface area contributed by atoms with Crippen molar-refractivity contribution in [3.63, 3.8) is 0 Å². The Kier molecular flexibility index (Phi) is 3.88. The third-order valence-electron chi connectivity index (χ3n) is 2.71. The number of nitrogens with zero attached hydrogens (tertiary/aromatic N) is 2. The number of aromatic nitrogens is 3. The first kappa shape index (κ1) is 13.4. The van der Waals surface area contributed by atoms with E-state index in [0.717, 1.165) is 12.0 Å². The van der Waals surface area contributed by atoms with Crippen LogP contribution in [0.3, 0.4) is 0 Å². The number of nitrogens with one attached hydrogen (secondary N) is 1. The van der Waals surface area contributed by atoms with E-state index in [0.29, 0.717) is 46.6 Å². The van der Waals surface area contributed by atoms with Crippen LogP contribution in [0.25, 0.3) is 0 Å². The Morgan fingerprint density at radius 3 is 3.00 bits per heavy atom. The predicted octanol–water partition coefficient (Wildman–Crippen LogP) is 2.49. The topological polar surface area (TPSA) is 86.1 Å². The Bertz CT molecular complexity index is 619. The first-order chi connectivity index (χ1) is 9.72. The zero-order valence-corrected chi connectivity index (χ0v) is 12.1. The van der Waals surface area contributed by atoms with Crippen molar-refractivity contribution < 1.29 is 9.47 Å². The van der Waals surface area contributed by atoms with Crippen molar-refractivity contribution in [3.05, 3.63) is 22.7 Å². The normalized spacial score (nSPS) is 14.1. The average molecular weight is 313 g/mol. The molecule has 3 rings (SSSR count). The van der Waals surface area contributed by atoms with Crippen molar-refractivity contribution in [3.8, 4) is 11.5 Å². The molecular formula is C12H13ClN4O2S. The number of hydrogen-bond acceptors (Lipinski definition) is 6. The van der Waals surface area contributed by atoms with Gasteiger partial charge in [-0.15, -0.1) is 5.10 Å². The number of halogens is 1. The Labute approximate surface area is 125 Å². The molecule has 0 amide bonds. The van der Waals surface area contributed by atoms with E-state index in [-0.39, 0.29) is 0 Å². The summed E-state index contributed by atoms with van der Waals surface area (Å²) < 4.78 is 11.2. The van der Waals surface area contributed by atoms with Gasteiger partial charge in [0.2, 0.25) is 11.1 Å². The summed E-state index contributed by atoms with van der Waals surface area (Å²) in [5.74, 6) is 2.30. The highest BCUT2D eigenvalue weighted by atomic mass is 35.5. The van der Waals surface area contributed by atoms with Gasteiger partial charge < -0.3 is 15.2 Å². The summed E-state index contributed by atoms with van der Waals surface area (Å²) in [4.78, 5) is 4.04. The monoisotopic (exact) mass is 312 g/mol. The minimum absolute atomic E-state index is 0.309. The number of benzene rings is 1. The molecule has 0 saturated heterocycles. The van der Waals surface area contributed by atoms with Crippen LogP contribution in [-0.4, -0.2) is 28.4 Å². The summed E-state index contributed by atoms with van der Waals surface area (Å²) in [6.45, 7) is 1.26. The van der Waals surface area contributed by atoms with Crippen molar-refractivity contribution in [2.45, 2.75) is 17.3 Å². The van der Waals surface area contributed by atoms with Gasteiger partial charge in [0.25, 0.3) is 0 Å². The van der Waals surface area contributed by atoms with Crippen LogP contribution in [0.5, 0.6) is 11.5 Å².